The van der Waals surface area contributed by atoms with Crippen LogP contribution in [-0.2, 0) is 9.59 Å². The highest BCUT2D eigenvalue weighted by Crippen LogP contribution is 2.32. The molecule has 2 fully saturated rings. The van der Waals surface area contributed by atoms with Crippen molar-refractivity contribution in [1.82, 2.24) is 29.5 Å². The topological polar surface area (TPSA) is 185 Å². The molecule has 2 aromatic carbocycles. The second-order valence-corrected chi connectivity index (χ2v) is 11.3. The van der Waals surface area contributed by atoms with Crippen LogP contribution in [-0.4, -0.2) is 105 Å². The third-order valence-corrected chi connectivity index (χ3v) is 8.41. The number of anilines is 2. The normalized spacial score (nSPS) is 17.4. The fourth-order valence-electron chi connectivity index (χ4n) is 5.94. The molecular formula is C33H34F2N8O6. The number of amides is 2. The number of piperidine rings is 1. The van der Waals surface area contributed by atoms with Gasteiger partial charge in [-0.25, -0.2) is 14.4 Å². The molecule has 0 bridgehead atoms. The van der Waals surface area contributed by atoms with Gasteiger partial charge in [-0.1, -0.05) is 0 Å². The van der Waals surface area contributed by atoms with Crippen LogP contribution in [0.1, 0.15) is 22.3 Å². The maximum absolute atomic E-state index is 15.0. The van der Waals surface area contributed by atoms with Crippen LogP contribution in [0.3, 0.4) is 0 Å². The van der Waals surface area contributed by atoms with Crippen molar-refractivity contribution in [3.63, 3.8) is 0 Å². The summed E-state index contributed by atoms with van der Waals surface area (Å²) in [4.78, 5) is 47.0. The number of aryl methyl sites for hydroxylation is 1. The van der Waals surface area contributed by atoms with Crippen molar-refractivity contribution in [1.29, 1.82) is 5.26 Å². The molecule has 0 unspecified atom stereocenters. The van der Waals surface area contributed by atoms with E-state index >= 15 is 0 Å². The first-order chi connectivity index (χ1) is 23.7. The Morgan fingerprint density at radius 3 is 2.57 bits per heavy atom. The highest BCUT2D eigenvalue weighted by Gasteiger charge is 2.34. The number of aromatic nitrogens is 3. The number of ether oxygens (including phenoxy) is 1. The number of nitrogens with one attached hydrogen (secondary N) is 2. The molecule has 49 heavy (non-hydrogen) atoms. The van der Waals surface area contributed by atoms with Gasteiger partial charge in [0.1, 0.15) is 6.07 Å². The second-order valence-electron chi connectivity index (χ2n) is 11.3. The second kappa shape index (κ2) is 15.5. The van der Waals surface area contributed by atoms with Crippen molar-refractivity contribution < 1.29 is 38.1 Å². The lowest BCUT2D eigenvalue weighted by molar-refractivity contribution is -0.142. The van der Waals surface area contributed by atoms with E-state index in [0.29, 0.717) is 68.4 Å². The molecule has 2 aromatic heterocycles. The first-order valence-corrected chi connectivity index (χ1v) is 15.4. The maximum atomic E-state index is 15.0. The third kappa shape index (κ3) is 7.42. The number of β-amino-alcohol motifs (C(OH)–C–C–N with tert-alkyl or cyclic N) is 1. The number of carbonyl (C=O) groups excluding carboxylic acids is 2. The van der Waals surface area contributed by atoms with Gasteiger partial charge in [0.15, 0.2) is 29.6 Å². The van der Waals surface area contributed by atoms with Gasteiger partial charge in [0, 0.05) is 61.9 Å². The minimum atomic E-state index is -1.20. The van der Waals surface area contributed by atoms with E-state index in [4.69, 9.17) is 19.9 Å². The maximum Gasteiger partial charge on any atom is 0.290 e. The molecule has 2 aliphatic heterocycles. The molecule has 0 radical (unpaired) electrons. The standard InChI is InChI=1S/C32H32F2N8O4.CH2O2/c1-19-16-20(2-3-21(19)31(44)40-11-13-41(14-12-40)32(45)23-6-8-36-18-25(23)43)39-29-30-38-17-24(42(30)10-9-37-29)22-4-5-26(46-15-7-35)28(34)27(22)33;2-1-3/h2-5,9-10,16-17,23,25,36,43H,6,8,11-15,18H2,1H3,(H,37,39);1H,(H,2,3)/t23-,25-;/m0./s1. The van der Waals surface area contributed by atoms with E-state index in [1.807, 2.05) is 13.0 Å². The number of piperazine rings is 1. The van der Waals surface area contributed by atoms with Gasteiger partial charge >= 0.3 is 0 Å². The molecule has 4 N–H and O–H groups in total. The fourth-order valence-corrected chi connectivity index (χ4v) is 5.94. The van der Waals surface area contributed by atoms with Crippen LogP contribution >= 0.6 is 0 Å². The molecule has 14 nitrogen and oxygen atoms in total. The molecule has 0 spiro atoms. The zero-order valence-electron chi connectivity index (χ0n) is 26.5. The van der Waals surface area contributed by atoms with Gasteiger partial charge in [-0.2, -0.15) is 9.65 Å². The van der Waals surface area contributed by atoms with Crippen LogP contribution in [0.2, 0.25) is 0 Å². The van der Waals surface area contributed by atoms with E-state index in [-0.39, 0.29) is 35.3 Å². The van der Waals surface area contributed by atoms with Crippen LogP contribution in [0.4, 0.5) is 20.3 Å². The molecule has 4 heterocycles. The number of hydrogen-bond acceptors (Lipinski definition) is 10. The van der Waals surface area contributed by atoms with E-state index in [1.54, 1.807) is 38.6 Å². The van der Waals surface area contributed by atoms with E-state index in [2.05, 4.69) is 20.6 Å². The number of halogens is 2. The van der Waals surface area contributed by atoms with Gasteiger partial charge in [-0.15, -0.1) is 0 Å². The number of imidazole rings is 1. The Labute approximate surface area is 279 Å². The number of nitriles is 1. The van der Waals surface area contributed by atoms with Crippen LogP contribution < -0.4 is 15.4 Å². The molecule has 4 aromatic rings. The minimum Gasteiger partial charge on any atom is -0.483 e. The lowest BCUT2D eigenvalue weighted by Crippen LogP contribution is -2.55. The zero-order chi connectivity index (χ0) is 35.1. The summed E-state index contributed by atoms with van der Waals surface area (Å²) in [7, 11) is 0. The van der Waals surface area contributed by atoms with E-state index in [1.165, 1.54) is 24.5 Å². The smallest absolute Gasteiger partial charge is 0.290 e. The molecule has 6 rings (SSSR count). The number of carbonyl (C=O) groups is 3. The summed E-state index contributed by atoms with van der Waals surface area (Å²) in [6.45, 7) is 3.91. The Morgan fingerprint density at radius 1 is 1.14 bits per heavy atom. The first kappa shape index (κ1) is 34.7. The average Bonchev–Trinajstić information content (AvgIpc) is 3.54. The molecule has 2 atom stereocenters. The SMILES string of the molecule is Cc1cc(Nc2nccn3c(-c4ccc(OCC#N)c(F)c4F)cnc23)ccc1C(=O)N1CCN(C(=O)[C@H]2CCNC[C@@H]2O)CC1.O=CO. The molecule has 16 heteroatoms. The summed E-state index contributed by atoms with van der Waals surface area (Å²) >= 11 is 0. The Bertz CT molecular complexity index is 1890. The van der Waals surface area contributed by atoms with Gasteiger partial charge in [0.25, 0.3) is 12.4 Å². The Kier molecular flexibility index (Phi) is 11.0. The zero-order valence-corrected chi connectivity index (χ0v) is 26.5. The highest BCUT2D eigenvalue weighted by molar-refractivity contribution is 5.96. The number of benzene rings is 2. The van der Waals surface area contributed by atoms with E-state index < -0.39 is 30.3 Å². The number of aliphatic hydroxyl groups is 1. The Hall–Kier alpha value is -5.66. The number of carboxylic acid groups (broad SMARTS) is 1. The van der Waals surface area contributed by atoms with Crippen LogP contribution in [0.5, 0.6) is 5.75 Å². The first-order valence-electron chi connectivity index (χ1n) is 15.4. The Balaban J connectivity index is 0.00000151. The van der Waals surface area contributed by atoms with Crippen LogP contribution in [0, 0.1) is 35.8 Å². The van der Waals surface area contributed by atoms with Gasteiger partial charge in [-0.3, -0.25) is 18.8 Å². The summed E-state index contributed by atoms with van der Waals surface area (Å²) in [5, 5.41) is 32.1. The molecule has 0 saturated carbocycles. The van der Waals surface area contributed by atoms with Gasteiger partial charge < -0.3 is 35.4 Å². The summed E-state index contributed by atoms with van der Waals surface area (Å²) in [6, 6.07) is 9.64. The largest absolute Gasteiger partial charge is 0.483 e. The van der Waals surface area contributed by atoms with Crippen LogP contribution in [0.15, 0.2) is 48.9 Å². The number of nitrogens with zero attached hydrogens (tertiary/aromatic N) is 6. The summed E-state index contributed by atoms with van der Waals surface area (Å²) in [6.07, 6.45) is 4.38. The predicted molar refractivity (Wildman–Crippen MR) is 172 cm³/mol. The van der Waals surface area contributed by atoms with Crippen molar-refractivity contribution >= 4 is 35.4 Å². The molecule has 2 aliphatic rings. The number of aliphatic hydroxyl groups excluding tert-OH is 1. The quantitative estimate of drug-likeness (QED) is 0.211. The van der Waals surface area contributed by atoms with Gasteiger partial charge in [0.2, 0.25) is 11.7 Å². The van der Waals surface area contributed by atoms with E-state index in [0.717, 1.165) is 5.56 Å². The molecule has 256 valence electrons. The summed E-state index contributed by atoms with van der Waals surface area (Å²) < 4.78 is 36.1. The lowest BCUT2D eigenvalue weighted by atomic mass is 9.93. The highest BCUT2D eigenvalue weighted by atomic mass is 19.2. The number of fused-ring (bicyclic) bond motifs is 1. The summed E-state index contributed by atoms with van der Waals surface area (Å²) in [5.74, 6) is -2.93. The van der Waals surface area contributed by atoms with Crippen molar-refractivity contribution in [2.24, 2.45) is 5.92 Å². The monoisotopic (exact) mass is 676 g/mol. The third-order valence-electron chi connectivity index (χ3n) is 8.41. The van der Waals surface area contributed by atoms with Crippen molar-refractivity contribution in [2.75, 3.05) is 51.2 Å². The minimum absolute atomic E-state index is 0.0424. The fraction of sp³-hybridized carbons (Fsp3) is 0.333. The van der Waals surface area contributed by atoms with Crippen LogP contribution in [0.25, 0.3) is 16.9 Å². The summed E-state index contributed by atoms with van der Waals surface area (Å²) in [5.41, 5.74) is 2.52. The van der Waals surface area contributed by atoms with Gasteiger partial charge in [0.05, 0.1) is 23.9 Å². The molecular weight excluding hydrogens is 642 g/mol. The number of rotatable bonds is 7. The molecule has 0 aliphatic carbocycles. The Morgan fingerprint density at radius 2 is 1.88 bits per heavy atom. The molecule has 2 saturated heterocycles. The van der Waals surface area contributed by atoms with Crippen molar-refractivity contribution in [3.8, 4) is 23.1 Å². The lowest BCUT2D eigenvalue weighted by Gasteiger charge is -2.38. The molecule has 2 amide bonds. The van der Waals surface area contributed by atoms with Crippen molar-refractivity contribution in [2.45, 2.75) is 19.4 Å². The predicted octanol–water partition coefficient (Wildman–Crippen LogP) is 2.58. The average molecular weight is 677 g/mol. The van der Waals surface area contributed by atoms with Crippen molar-refractivity contribution in [3.05, 3.63) is 71.7 Å². The van der Waals surface area contributed by atoms with Gasteiger partial charge in [-0.05, 0) is 55.8 Å². The van der Waals surface area contributed by atoms with E-state index in [9.17, 15) is 23.5 Å². The number of hydrogen-bond donors (Lipinski definition) is 4.